The van der Waals surface area contributed by atoms with Gasteiger partial charge >= 0.3 is 0 Å². The zero-order chi connectivity index (χ0) is 16.7. The Morgan fingerprint density at radius 2 is 1.96 bits per heavy atom. The van der Waals surface area contributed by atoms with Crippen molar-refractivity contribution in [1.82, 2.24) is 9.88 Å². The molecular weight excluding hydrogens is 316 g/mol. The first-order valence-corrected chi connectivity index (χ1v) is 9.13. The van der Waals surface area contributed by atoms with Gasteiger partial charge in [0, 0.05) is 17.1 Å². The van der Waals surface area contributed by atoms with E-state index in [1.807, 2.05) is 18.3 Å². The van der Waals surface area contributed by atoms with Crippen LogP contribution in [0, 0.1) is 5.92 Å². The van der Waals surface area contributed by atoms with Crippen LogP contribution in [0.15, 0.2) is 36.5 Å². The largest absolute Gasteiger partial charge is 0.306 e. The van der Waals surface area contributed by atoms with Crippen LogP contribution in [0.4, 0.5) is 0 Å². The third-order valence-electron chi connectivity index (χ3n) is 5.55. The summed E-state index contributed by atoms with van der Waals surface area (Å²) in [7, 11) is 2.22. The SMILES string of the molecule is CC1=Cc2cccnc2C(C2CCN(C)CC2)c2ccc(Cl)cc21. The highest BCUT2D eigenvalue weighted by molar-refractivity contribution is 6.30. The number of aromatic nitrogens is 1. The first kappa shape index (κ1) is 15.9. The molecule has 1 aliphatic heterocycles. The second-order valence-corrected chi connectivity index (χ2v) is 7.59. The minimum Gasteiger partial charge on any atom is -0.306 e. The third kappa shape index (κ3) is 2.78. The van der Waals surface area contributed by atoms with Crippen LogP contribution in [-0.4, -0.2) is 30.0 Å². The lowest BCUT2D eigenvalue weighted by Crippen LogP contribution is -2.33. The Morgan fingerprint density at radius 3 is 2.75 bits per heavy atom. The summed E-state index contributed by atoms with van der Waals surface area (Å²) < 4.78 is 0. The van der Waals surface area contributed by atoms with E-state index >= 15 is 0 Å². The lowest BCUT2D eigenvalue weighted by atomic mass is 9.76. The standard InChI is InChI=1S/C21H23ClN2/c1-14-12-16-4-3-9-23-21(16)20(15-7-10-24(2)11-8-15)18-6-5-17(22)13-19(14)18/h3-6,9,12-13,15,20H,7-8,10-11H2,1-2H3. The van der Waals surface area contributed by atoms with Crippen LogP contribution in [0.3, 0.4) is 0 Å². The van der Waals surface area contributed by atoms with E-state index < -0.39 is 0 Å². The summed E-state index contributed by atoms with van der Waals surface area (Å²) in [5.74, 6) is 0.991. The van der Waals surface area contributed by atoms with Crippen LogP contribution in [0.2, 0.25) is 5.02 Å². The molecule has 0 amide bonds. The molecule has 1 atom stereocenters. The van der Waals surface area contributed by atoms with Crippen molar-refractivity contribution in [2.75, 3.05) is 20.1 Å². The van der Waals surface area contributed by atoms with Crippen molar-refractivity contribution in [2.45, 2.75) is 25.7 Å². The number of hydrogen-bond acceptors (Lipinski definition) is 2. The molecule has 24 heavy (non-hydrogen) atoms. The summed E-state index contributed by atoms with van der Waals surface area (Å²) in [6.07, 6.45) is 6.65. The maximum atomic E-state index is 6.31. The van der Waals surface area contributed by atoms with E-state index in [9.17, 15) is 0 Å². The molecule has 2 aromatic rings. The number of allylic oxidation sites excluding steroid dienone is 1. The van der Waals surface area contributed by atoms with Crippen LogP contribution < -0.4 is 0 Å². The molecule has 1 saturated heterocycles. The molecule has 1 aliphatic carbocycles. The Kier molecular flexibility index (Phi) is 4.19. The van der Waals surface area contributed by atoms with Gasteiger partial charge in [-0.3, -0.25) is 4.98 Å². The molecule has 2 aliphatic rings. The van der Waals surface area contributed by atoms with Gasteiger partial charge in [-0.25, -0.2) is 0 Å². The second kappa shape index (κ2) is 6.34. The van der Waals surface area contributed by atoms with E-state index in [-0.39, 0.29) is 0 Å². The van der Waals surface area contributed by atoms with Crippen LogP contribution in [0.1, 0.15) is 48.1 Å². The number of nitrogens with zero attached hydrogens (tertiary/aromatic N) is 2. The van der Waals surface area contributed by atoms with Crippen LogP contribution in [-0.2, 0) is 0 Å². The number of fused-ring (bicyclic) bond motifs is 2. The molecule has 2 nitrogen and oxygen atoms in total. The number of pyridine rings is 1. The van der Waals surface area contributed by atoms with Crippen molar-refractivity contribution < 1.29 is 0 Å². The van der Waals surface area contributed by atoms with Crippen LogP contribution in [0.25, 0.3) is 11.6 Å². The second-order valence-electron chi connectivity index (χ2n) is 7.16. The van der Waals surface area contributed by atoms with Gasteiger partial charge in [0.1, 0.15) is 0 Å². The summed E-state index contributed by atoms with van der Waals surface area (Å²) >= 11 is 6.31. The lowest BCUT2D eigenvalue weighted by Gasteiger charge is -2.35. The zero-order valence-electron chi connectivity index (χ0n) is 14.3. The molecule has 1 aromatic heterocycles. The number of halogens is 1. The lowest BCUT2D eigenvalue weighted by molar-refractivity contribution is 0.206. The predicted octanol–water partition coefficient (Wildman–Crippen LogP) is 5.08. The van der Waals surface area contributed by atoms with Crippen LogP contribution in [0.5, 0.6) is 0 Å². The van der Waals surface area contributed by atoms with Gasteiger partial charge in [-0.05, 0) is 92.4 Å². The first-order chi connectivity index (χ1) is 11.6. The molecule has 0 spiro atoms. The van der Waals surface area contributed by atoms with Gasteiger partial charge in [-0.15, -0.1) is 0 Å². The van der Waals surface area contributed by atoms with E-state index in [0.29, 0.717) is 11.8 Å². The number of benzene rings is 1. The highest BCUT2D eigenvalue weighted by atomic mass is 35.5. The minimum absolute atomic E-state index is 0.357. The van der Waals surface area contributed by atoms with Gasteiger partial charge in [0.05, 0.1) is 5.69 Å². The van der Waals surface area contributed by atoms with Crippen molar-refractivity contribution >= 4 is 23.3 Å². The fourth-order valence-corrected chi connectivity index (χ4v) is 4.42. The number of likely N-dealkylation sites (tertiary alicyclic amines) is 1. The average molecular weight is 339 g/mol. The van der Waals surface area contributed by atoms with Gasteiger partial charge in [-0.2, -0.15) is 0 Å². The zero-order valence-corrected chi connectivity index (χ0v) is 15.1. The quantitative estimate of drug-likeness (QED) is 0.720. The van der Waals surface area contributed by atoms with E-state index in [2.05, 4.69) is 43.1 Å². The smallest absolute Gasteiger partial charge is 0.0553 e. The molecule has 2 heterocycles. The van der Waals surface area contributed by atoms with E-state index in [1.165, 1.54) is 53.9 Å². The first-order valence-electron chi connectivity index (χ1n) is 8.75. The molecule has 1 fully saturated rings. The maximum absolute atomic E-state index is 6.31. The molecule has 0 N–H and O–H groups in total. The Morgan fingerprint density at radius 1 is 1.17 bits per heavy atom. The van der Waals surface area contributed by atoms with E-state index in [0.717, 1.165) is 5.02 Å². The fraction of sp³-hybridized carbons (Fsp3) is 0.381. The van der Waals surface area contributed by atoms with E-state index in [1.54, 1.807) is 0 Å². The van der Waals surface area contributed by atoms with Crippen molar-refractivity contribution in [3.05, 3.63) is 63.9 Å². The van der Waals surface area contributed by atoms with Crippen molar-refractivity contribution in [2.24, 2.45) is 5.92 Å². The normalized spacial score (nSPS) is 21.6. The average Bonchev–Trinajstić information content (AvgIpc) is 2.70. The molecule has 1 aromatic carbocycles. The molecule has 3 heteroatoms. The number of rotatable bonds is 1. The Labute approximate surface area is 149 Å². The maximum Gasteiger partial charge on any atom is 0.0553 e. The van der Waals surface area contributed by atoms with Gasteiger partial charge in [-0.1, -0.05) is 23.7 Å². The Hall–Kier alpha value is -1.64. The molecule has 0 saturated carbocycles. The van der Waals surface area contributed by atoms with Crippen LogP contribution >= 0.6 is 11.6 Å². The molecule has 0 bridgehead atoms. The molecule has 4 rings (SSSR count). The highest BCUT2D eigenvalue weighted by Gasteiger charge is 2.33. The summed E-state index contributed by atoms with van der Waals surface area (Å²) in [6.45, 7) is 4.51. The van der Waals surface area contributed by atoms with Crippen molar-refractivity contribution in [1.29, 1.82) is 0 Å². The Bertz CT molecular complexity index is 788. The predicted molar refractivity (Wildman–Crippen MR) is 101 cm³/mol. The van der Waals surface area contributed by atoms with Gasteiger partial charge < -0.3 is 4.90 Å². The Balaban J connectivity index is 1.88. The summed E-state index contributed by atoms with van der Waals surface area (Å²) in [4.78, 5) is 7.25. The van der Waals surface area contributed by atoms with E-state index in [4.69, 9.17) is 16.6 Å². The highest BCUT2D eigenvalue weighted by Crippen LogP contribution is 2.44. The fourth-order valence-electron chi connectivity index (χ4n) is 4.25. The van der Waals surface area contributed by atoms with Gasteiger partial charge in [0.2, 0.25) is 0 Å². The number of hydrogen-bond donors (Lipinski definition) is 0. The molecule has 1 unspecified atom stereocenters. The third-order valence-corrected chi connectivity index (χ3v) is 5.78. The summed E-state index contributed by atoms with van der Waals surface area (Å²) in [5, 5.41) is 0.808. The molecular formula is C21H23ClN2. The van der Waals surface area contributed by atoms with Crippen molar-refractivity contribution in [3.63, 3.8) is 0 Å². The minimum atomic E-state index is 0.357. The molecule has 0 radical (unpaired) electrons. The number of piperidine rings is 1. The summed E-state index contributed by atoms with van der Waals surface area (Å²) in [5.41, 5.74) is 6.43. The monoisotopic (exact) mass is 338 g/mol. The topological polar surface area (TPSA) is 16.1 Å². The van der Waals surface area contributed by atoms with Gasteiger partial charge in [0.15, 0.2) is 0 Å². The van der Waals surface area contributed by atoms with Crippen molar-refractivity contribution in [3.8, 4) is 0 Å². The van der Waals surface area contributed by atoms with Gasteiger partial charge in [0.25, 0.3) is 0 Å². The summed E-state index contributed by atoms with van der Waals surface area (Å²) in [6, 6.07) is 10.6. The molecule has 124 valence electrons.